The number of nitrogens with two attached hydrogens (primary N) is 1. The third-order valence-corrected chi connectivity index (χ3v) is 8.99. The second kappa shape index (κ2) is 14.8. The standard InChI is InChI=1S/C39H38N4O5/c40-36(41-22-21-26-10-2-1-3-11-26)35-16-8-9-23-43(35)37(44)34(24-27-17-19-28(20-18-27)38(45)46)42-39(47)48-25-33-31-14-6-4-12-29(31)30-13-5-7-15-32(30)33/h1-7,10-15,17-22,33-35H,8-9,16,23-25H2,(H2,40,41)(H,42,47)(H,45,46)/b22-21+/t34-,35-/m0/s1. The molecule has 0 radical (unpaired) electrons. The van der Waals surface area contributed by atoms with Crippen molar-refractivity contribution in [3.8, 4) is 11.1 Å². The molecule has 4 aromatic rings. The summed E-state index contributed by atoms with van der Waals surface area (Å²) in [6.45, 7) is 0.566. The number of fused-ring (bicyclic) bond motifs is 3. The molecule has 9 heteroatoms. The van der Waals surface area contributed by atoms with Crippen molar-refractivity contribution in [2.75, 3.05) is 13.2 Å². The van der Waals surface area contributed by atoms with Crippen LogP contribution >= 0.6 is 0 Å². The van der Waals surface area contributed by atoms with E-state index < -0.39 is 24.1 Å². The second-order valence-electron chi connectivity index (χ2n) is 12.1. The number of likely N-dealkylation sites (tertiary alicyclic amines) is 1. The summed E-state index contributed by atoms with van der Waals surface area (Å²) in [5.41, 5.74) is 12.7. The maximum atomic E-state index is 14.2. The molecular formula is C39H38N4O5. The number of amidine groups is 1. The SMILES string of the molecule is NC(=N/C=C/c1ccccc1)[C@@H]1CCCCN1C(=O)[C@H](Cc1ccc(C(=O)O)cc1)NC(=O)OCC1c2ccccc2-c2ccccc21. The summed E-state index contributed by atoms with van der Waals surface area (Å²) in [4.78, 5) is 45.2. The Kier molecular flexibility index (Phi) is 9.95. The number of nitrogens with one attached hydrogen (secondary N) is 1. The Morgan fingerprint density at radius 3 is 2.21 bits per heavy atom. The maximum absolute atomic E-state index is 14.2. The van der Waals surface area contributed by atoms with Gasteiger partial charge in [0.25, 0.3) is 0 Å². The fourth-order valence-electron chi connectivity index (χ4n) is 6.56. The third-order valence-electron chi connectivity index (χ3n) is 8.99. The van der Waals surface area contributed by atoms with Crippen molar-refractivity contribution in [2.45, 2.75) is 43.7 Å². The number of amides is 2. The molecule has 6 rings (SSSR count). The van der Waals surface area contributed by atoms with Crippen LogP contribution in [-0.2, 0) is 16.0 Å². The summed E-state index contributed by atoms with van der Waals surface area (Å²) in [5.74, 6) is -1.16. The zero-order chi connectivity index (χ0) is 33.5. The zero-order valence-electron chi connectivity index (χ0n) is 26.5. The molecule has 1 heterocycles. The van der Waals surface area contributed by atoms with Gasteiger partial charge in [-0.25, -0.2) is 14.6 Å². The van der Waals surface area contributed by atoms with E-state index in [1.165, 1.54) is 12.1 Å². The molecule has 4 aromatic carbocycles. The molecule has 0 saturated carbocycles. The average molecular weight is 643 g/mol. The molecule has 1 saturated heterocycles. The van der Waals surface area contributed by atoms with Gasteiger partial charge in [0.1, 0.15) is 18.5 Å². The molecule has 2 atom stereocenters. The Morgan fingerprint density at radius 1 is 0.896 bits per heavy atom. The summed E-state index contributed by atoms with van der Waals surface area (Å²) in [6.07, 6.45) is 5.23. The Hall–Kier alpha value is -5.70. The van der Waals surface area contributed by atoms with Gasteiger partial charge in [-0.05, 0) is 70.9 Å². The van der Waals surface area contributed by atoms with Gasteiger partial charge in [-0.1, -0.05) is 91.0 Å². The second-order valence-corrected chi connectivity index (χ2v) is 12.1. The van der Waals surface area contributed by atoms with Crippen LogP contribution in [0.15, 0.2) is 114 Å². The average Bonchev–Trinajstić information content (AvgIpc) is 3.44. The molecule has 2 aliphatic rings. The van der Waals surface area contributed by atoms with Crippen LogP contribution in [0.4, 0.5) is 4.79 Å². The topological polar surface area (TPSA) is 134 Å². The summed E-state index contributed by atoms with van der Waals surface area (Å²) < 4.78 is 5.81. The molecule has 1 aliphatic heterocycles. The minimum absolute atomic E-state index is 0.105. The highest BCUT2D eigenvalue weighted by Crippen LogP contribution is 2.44. The summed E-state index contributed by atoms with van der Waals surface area (Å²) in [7, 11) is 0. The number of rotatable bonds is 10. The fourth-order valence-corrected chi connectivity index (χ4v) is 6.56. The number of carbonyl (C=O) groups is 3. The van der Waals surface area contributed by atoms with E-state index in [0.29, 0.717) is 24.4 Å². The summed E-state index contributed by atoms with van der Waals surface area (Å²) >= 11 is 0. The molecule has 2 amide bonds. The molecule has 48 heavy (non-hydrogen) atoms. The molecule has 0 aromatic heterocycles. The van der Waals surface area contributed by atoms with Crippen LogP contribution in [0, 0.1) is 0 Å². The van der Waals surface area contributed by atoms with E-state index in [-0.39, 0.29) is 30.4 Å². The number of piperidine rings is 1. The normalized spacial score (nSPS) is 16.6. The first-order valence-corrected chi connectivity index (χ1v) is 16.2. The van der Waals surface area contributed by atoms with Crippen molar-refractivity contribution in [1.82, 2.24) is 10.2 Å². The number of hydrogen-bond acceptors (Lipinski definition) is 5. The molecule has 244 valence electrons. The Morgan fingerprint density at radius 2 is 1.54 bits per heavy atom. The number of carboxylic acid groups (broad SMARTS) is 1. The lowest BCUT2D eigenvalue weighted by Gasteiger charge is -2.37. The number of alkyl carbamates (subject to hydrolysis) is 1. The first kappa shape index (κ1) is 32.2. The monoisotopic (exact) mass is 642 g/mol. The highest BCUT2D eigenvalue weighted by Gasteiger charge is 2.35. The van der Waals surface area contributed by atoms with Crippen LogP contribution in [0.25, 0.3) is 17.2 Å². The molecular weight excluding hydrogens is 604 g/mol. The third kappa shape index (κ3) is 7.31. The lowest BCUT2D eigenvalue weighted by atomic mass is 9.97. The van der Waals surface area contributed by atoms with Gasteiger partial charge < -0.3 is 25.8 Å². The van der Waals surface area contributed by atoms with Crippen molar-refractivity contribution in [2.24, 2.45) is 10.7 Å². The van der Waals surface area contributed by atoms with E-state index in [1.807, 2.05) is 72.8 Å². The smallest absolute Gasteiger partial charge is 0.407 e. The Balaban J connectivity index is 1.20. The minimum Gasteiger partial charge on any atom is -0.478 e. The van der Waals surface area contributed by atoms with Gasteiger partial charge in [-0.15, -0.1) is 0 Å². The lowest BCUT2D eigenvalue weighted by molar-refractivity contribution is -0.135. The van der Waals surface area contributed by atoms with E-state index in [4.69, 9.17) is 10.5 Å². The van der Waals surface area contributed by atoms with Crippen molar-refractivity contribution in [3.63, 3.8) is 0 Å². The first-order valence-electron chi connectivity index (χ1n) is 16.2. The summed E-state index contributed by atoms with van der Waals surface area (Å²) in [5, 5.41) is 12.2. The van der Waals surface area contributed by atoms with Gasteiger partial charge in [0.15, 0.2) is 0 Å². The number of carboxylic acids is 1. The largest absolute Gasteiger partial charge is 0.478 e. The molecule has 1 aliphatic carbocycles. The van der Waals surface area contributed by atoms with Crippen molar-refractivity contribution in [3.05, 3.63) is 137 Å². The van der Waals surface area contributed by atoms with E-state index in [1.54, 1.807) is 23.2 Å². The van der Waals surface area contributed by atoms with Crippen molar-refractivity contribution < 1.29 is 24.2 Å². The van der Waals surface area contributed by atoms with E-state index >= 15 is 0 Å². The first-order chi connectivity index (χ1) is 23.4. The number of carbonyl (C=O) groups excluding carboxylic acids is 2. The number of aromatic carboxylic acids is 1. The molecule has 0 bridgehead atoms. The maximum Gasteiger partial charge on any atom is 0.407 e. The summed E-state index contributed by atoms with van der Waals surface area (Å²) in [6, 6.07) is 30.8. The predicted octanol–water partition coefficient (Wildman–Crippen LogP) is 6.24. The van der Waals surface area contributed by atoms with E-state index in [9.17, 15) is 19.5 Å². The number of aliphatic imine (C=N–C) groups is 1. The van der Waals surface area contributed by atoms with Crippen LogP contribution in [0.3, 0.4) is 0 Å². The van der Waals surface area contributed by atoms with Crippen molar-refractivity contribution >= 4 is 29.9 Å². The fraction of sp³-hybridized carbons (Fsp3) is 0.231. The molecule has 4 N–H and O–H groups in total. The minimum atomic E-state index is -1.04. The number of nitrogens with zero attached hydrogens (tertiary/aromatic N) is 2. The van der Waals surface area contributed by atoms with E-state index in [2.05, 4.69) is 22.4 Å². The van der Waals surface area contributed by atoms with Gasteiger partial charge in [-0.2, -0.15) is 0 Å². The Bertz CT molecular complexity index is 1790. The molecule has 9 nitrogen and oxygen atoms in total. The van der Waals surface area contributed by atoms with Crippen LogP contribution in [-0.4, -0.2) is 59.0 Å². The predicted molar refractivity (Wildman–Crippen MR) is 186 cm³/mol. The molecule has 0 spiro atoms. The molecule has 1 fully saturated rings. The quantitative estimate of drug-likeness (QED) is 0.138. The van der Waals surface area contributed by atoms with Gasteiger partial charge in [0.2, 0.25) is 5.91 Å². The number of hydrogen-bond donors (Lipinski definition) is 3. The highest BCUT2D eigenvalue weighted by molar-refractivity contribution is 5.94. The highest BCUT2D eigenvalue weighted by atomic mass is 16.5. The van der Waals surface area contributed by atoms with Gasteiger partial charge >= 0.3 is 12.1 Å². The number of benzene rings is 4. The van der Waals surface area contributed by atoms with Gasteiger partial charge in [0, 0.05) is 25.1 Å². The van der Waals surface area contributed by atoms with Crippen LogP contribution < -0.4 is 11.1 Å². The van der Waals surface area contributed by atoms with Crippen LogP contribution in [0.5, 0.6) is 0 Å². The van der Waals surface area contributed by atoms with E-state index in [0.717, 1.165) is 40.7 Å². The van der Waals surface area contributed by atoms with Gasteiger partial charge in [-0.3, -0.25) is 4.79 Å². The van der Waals surface area contributed by atoms with Crippen LogP contribution in [0.2, 0.25) is 0 Å². The number of ether oxygens (including phenoxy) is 1. The lowest BCUT2D eigenvalue weighted by Crippen LogP contribution is -2.57. The van der Waals surface area contributed by atoms with Crippen LogP contribution in [0.1, 0.15) is 57.8 Å². The van der Waals surface area contributed by atoms with Gasteiger partial charge in [0.05, 0.1) is 11.6 Å². The molecule has 0 unspecified atom stereocenters. The zero-order valence-corrected chi connectivity index (χ0v) is 26.5. The van der Waals surface area contributed by atoms with Crippen molar-refractivity contribution in [1.29, 1.82) is 0 Å². The Labute approximate surface area is 279 Å².